The van der Waals surface area contributed by atoms with Crippen molar-refractivity contribution in [2.45, 2.75) is 19.8 Å². The number of amides is 2. The third-order valence-corrected chi connectivity index (χ3v) is 3.85. The summed E-state index contributed by atoms with van der Waals surface area (Å²) in [5, 5.41) is 0. The molecular weight excluding hydrogens is 312 g/mol. The number of Topliss-reactive ketones (excluding diaryl/α,β-unsaturated/α-hetero) is 1. The number of rotatable bonds is 8. The highest BCUT2D eigenvalue weighted by atomic mass is 16.5. The predicted octanol–water partition coefficient (Wildman–Crippen LogP) is 1.36. The molecule has 0 atom stereocenters. The lowest BCUT2D eigenvalue weighted by atomic mass is 10.0. The molecule has 7 nitrogen and oxygen atoms in total. The monoisotopic (exact) mass is 332 g/mol. The Morgan fingerprint density at radius 1 is 1.21 bits per heavy atom. The van der Waals surface area contributed by atoms with Gasteiger partial charge >= 0.3 is 0 Å². The van der Waals surface area contributed by atoms with Crippen molar-refractivity contribution in [1.29, 1.82) is 0 Å². The maximum atomic E-state index is 12.5. The van der Waals surface area contributed by atoms with Crippen LogP contribution in [0.2, 0.25) is 0 Å². The van der Waals surface area contributed by atoms with Crippen molar-refractivity contribution in [2.75, 3.05) is 27.2 Å². The number of fused-ring (bicyclic) bond motifs is 1. The Kier molecular flexibility index (Phi) is 5.46. The summed E-state index contributed by atoms with van der Waals surface area (Å²) in [6, 6.07) is 2.66. The molecule has 0 aromatic heterocycles. The Morgan fingerprint density at radius 2 is 1.83 bits per heavy atom. The van der Waals surface area contributed by atoms with Crippen LogP contribution < -0.4 is 4.74 Å². The van der Waals surface area contributed by atoms with Crippen LogP contribution in [-0.2, 0) is 4.79 Å². The molecule has 24 heavy (non-hydrogen) atoms. The van der Waals surface area contributed by atoms with Gasteiger partial charge in [-0.05, 0) is 39.2 Å². The summed E-state index contributed by atoms with van der Waals surface area (Å²) in [6.45, 7) is 2.91. The largest absolute Gasteiger partial charge is 0.428 e. The first-order chi connectivity index (χ1) is 11.4. The minimum atomic E-state index is -0.431. The van der Waals surface area contributed by atoms with Crippen LogP contribution in [0, 0.1) is 0 Å². The van der Waals surface area contributed by atoms with Crippen LogP contribution in [0.3, 0.4) is 0 Å². The molecule has 0 bridgehead atoms. The number of hydrogen-bond acceptors (Lipinski definition) is 6. The Hall–Kier alpha value is -2.54. The number of ketones is 1. The van der Waals surface area contributed by atoms with Gasteiger partial charge in [0.25, 0.3) is 18.3 Å². The molecule has 2 rings (SSSR count). The summed E-state index contributed by atoms with van der Waals surface area (Å²) in [5.41, 5.74) is 0.480. The summed E-state index contributed by atoms with van der Waals surface area (Å²) in [5.74, 6) is -1.11. The lowest BCUT2D eigenvalue weighted by Gasteiger charge is -2.15. The fourth-order valence-electron chi connectivity index (χ4n) is 2.62. The van der Waals surface area contributed by atoms with E-state index in [1.54, 1.807) is 6.92 Å². The van der Waals surface area contributed by atoms with Gasteiger partial charge in [0.2, 0.25) is 0 Å². The quantitative estimate of drug-likeness (QED) is 0.406. The molecule has 0 aliphatic carbocycles. The molecule has 1 heterocycles. The van der Waals surface area contributed by atoms with E-state index in [2.05, 4.69) is 0 Å². The third kappa shape index (κ3) is 3.35. The van der Waals surface area contributed by atoms with E-state index in [1.165, 1.54) is 17.0 Å². The first-order valence-electron chi connectivity index (χ1n) is 7.73. The molecule has 1 aliphatic heterocycles. The van der Waals surface area contributed by atoms with Gasteiger partial charge in [0, 0.05) is 13.0 Å². The molecule has 1 aliphatic rings. The van der Waals surface area contributed by atoms with Gasteiger partial charge < -0.3 is 9.64 Å². The van der Waals surface area contributed by atoms with E-state index in [0.717, 1.165) is 6.54 Å². The predicted molar refractivity (Wildman–Crippen MR) is 86.3 cm³/mol. The van der Waals surface area contributed by atoms with Gasteiger partial charge in [-0.15, -0.1) is 0 Å². The van der Waals surface area contributed by atoms with Crippen LogP contribution in [0.4, 0.5) is 0 Å². The van der Waals surface area contributed by atoms with Crippen molar-refractivity contribution in [2.24, 2.45) is 0 Å². The molecule has 1 aromatic carbocycles. The number of carbonyl (C=O) groups is 4. The number of hydrogen-bond donors (Lipinski definition) is 0. The zero-order valence-corrected chi connectivity index (χ0v) is 14.0. The molecule has 2 amide bonds. The molecule has 0 N–H and O–H groups in total. The van der Waals surface area contributed by atoms with Gasteiger partial charge in [0.15, 0.2) is 5.78 Å². The van der Waals surface area contributed by atoms with Gasteiger partial charge in [-0.25, -0.2) is 0 Å². The van der Waals surface area contributed by atoms with Gasteiger partial charge in [0.1, 0.15) is 5.75 Å². The Balaban J connectivity index is 2.35. The second kappa shape index (κ2) is 7.35. The maximum absolute atomic E-state index is 12.5. The molecule has 0 unspecified atom stereocenters. The van der Waals surface area contributed by atoms with Crippen molar-refractivity contribution in [1.82, 2.24) is 9.80 Å². The number of nitrogens with zero attached hydrogens (tertiary/aromatic N) is 2. The third-order valence-electron chi connectivity index (χ3n) is 3.85. The SMILES string of the molecule is CCC(=O)c1cc2c(cc1OC=O)C(=O)N(CCCN(C)C)C2=O. The summed E-state index contributed by atoms with van der Waals surface area (Å²) >= 11 is 0. The minimum Gasteiger partial charge on any atom is -0.428 e. The van der Waals surface area contributed by atoms with Crippen LogP contribution >= 0.6 is 0 Å². The second-order valence-electron chi connectivity index (χ2n) is 5.80. The van der Waals surface area contributed by atoms with Crippen molar-refractivity contribution >= 4 is 24.1 Å². The average Bonchev–Trinajstić information content (AvgIpc) is 2.78. The van der Waals surface area contributed by atoms with Crippen molar-refractivity contribution in [3.8, 4) is 5.75 Å². The molecule has 128 valence electrons. The fraction of sp³-hybridized carbons (Fsp3) is 0.412. The van der Waals surface area contributed by atoms with Gasteiger partial charge in [-0.3, -0.25) is 24.1 Å². The Labute approximate surface area is 140 Å². The zero-order valence-electron chi connectivity index (χ0n) is 14.0. The summed E-state index contributed by atoms with van der Waals surface area (Å²) in [4.78, 5) is 50.7. The molecule has 0 saturated heterocycles. The van der Waals surface area contributed by atoms with Crippen molar-refractivity contribution in [3.05, 3.63) is 28.8 Å². The molecule has 0 radical (unpaired) electrons. The summed E-state index contributed by atoms with van der Waals surface area (Å²) in [6.07, 6.45) is 0.847. The number of carbonyl (C=O) groups excluding carboxylic acids is 4. The lowest BCUT2D eigenvalue weighted by Crippen LogP contribution is -2.32. The molecular formula is C17H20N2O5. The van der Waals surface area contributed by atoms with E-state index in [-0.39, 0.29) is 41.1 Å². The molecule has 0 fully saturated rings. The summed E-state index contributed by atoms with van der Waals surface area (Å²) < 4.78 is 4.83. The number of imide groups is 1. The maximum Gasteiger partial charge on any atom is 0.298 e. The second-order valence-corrected chi connectivity index (χ2v) is 5.80. The van der Waals surface area contributed by atoms with Crippen LogP contribution in [0.25, 0.3) is 0 Å². The highest BCUT2D eigenvalue weighted by molar-refractivity contribution is 6.22. The van der Waals surface area contributed by atoms with Crippen molar-refractivity contribution in [3.63, 3.8) is 0 Å². The van der Waals surface area contributed by atoms with Crippen LogP contribution in [-0.4, -0.2) is 61.1 Å². The van der Waals surface area contributed by atoms with Crippen LogP contribution in [0.5, 0.6) is 5.75 Å². The van der Waals surface area contributed by atoms with Crippen LogP contribution in [0.1, 0.15) is 50.8 Å². The highest BCUT2D eigenvalue weighted by Gasteiger charge is 2.37. The first-order valence-corrected chi connectivity index (χ1v) is 7.73. The highest BCUT2D eigenvalue weighted by Crippen LogP contribution is 2.31. The van der Waals surface area contributed by atoms with Crippen molar-refractivity contribution < 1.29 is 23.9 Å². The lowest BCUT2D eigenvalue weighted by molar-refractivity contribution is -0.120. The van der Waals surface area contributed by atoms with Crippen LogP contribution in [0.15, 0.2) is 12.1 Å². The first kappa shape index (κ1) is 17.8. The van der Waals surface area contributed by atoms with E-state index in [9.17, 15) is 19.2 Å². The van der Waals surface area contributed by atoms with E-state index >= 15 is 0 Å². The molecule has 0 saturated carbocycles. The van der Waals surface area contributed by atoms with E-state index in [4.69, 9.17) is 4.74 Å². The molecule has 7 heteroatoms. The molecule has 1 aromatic rings. The topological polar surface area (TPSA) is 84.0 Å². The van der Waals surface area contributed by atoms with Gasteiger partial charge in [-0.2, -0.15) is 0 Å². The zero-order chi connectivity index (χ0) is 17.9. The van der Waals surface area contributed by atoms with E-state index in [1.807, 2.05) is 19.0 Å². The van der Waals surface area contributed by atoms with E-state index < -0.39 is 11.8 Å². The normalized spacial score (nSPS) is 13.4. The van der Waals surface area contributed by atoms with Gasteiger partial charge in [0.05, 0.1) is 16.7 Å². The average molecular weight is 332 g/mol. The minimum absolute atomic E-state index is 0.00638. The fourth-order valence-corrected chi connectivity index (χ4v) is 2.62. The Morgan fingerprint density at radius 3 is 2.38 bits per heavy atom. The number of ether oxygens (including phenoxy) is 1. The Bertz CT molecular complexity index is 696. The number of benzene rings is 1. The summed E-state index contributed by atoms with van der Waals surface area (Å²) in [7, 11) is 3.82. The van der Waals surface area contributed by atoms with E-state index in [0.29, 0.717) is 13.0 Å². The van der Waals surface area contributed by atoms with Gasteiger partial charge in [-0.1, -0.05) is 6.92 Å². The molecule has 0 spiro atoms. The standard InChI is InChI=1S/C17H20N2O5/c1-4-14(21)13-8-11-12(9-15(13)24-10-20)17(23)19(16(11)22)7-5-6-18(2)3/h8-10H,4-7H2,1-3H3. The smallest absolute Gasteiger partial charge is 0.298 e.